The van der Waals surface area contributed by atoms with Crippen LogP contribution in [0.25, 0.3) is 0 Å². The van der Waals surface area contributed by atoms with Gasteiger partial charge in [-0.1, -0.05) is 44.9 Å². The predicted molar refractivity (Wildman–Crippen MR) is 63.7 cm³/mol. The molecule has 0 spiro atoms. The molecule has 0 heterocycles. The van der Waals surface area contributed by atoms with Crippen molar-refractivity contribution in [2.45, 2.75) is 46.0 Å². The maximum atomic E-state index is 10.8. The Labute approximate surface area is 93.1 Å². The Morgan fingerprint density at radius 3 is 1.87 bits per heavy atom. The number of hydrogen-bond donors (Lipinski definition) is 0. The minimum atomic E-state index is 0.0114. The van der Waals surface area contributed by atoms with E-state index in [0.717, 1.165) is 25.7 Å². The molecule has 1 radical (unpaired) electrons. The third-order valence-corrected chi connectivity index (χ3v) is 2.76. The van der Waals surface area contributed by atoms with Gasteiger partial charge in [0.15, 0.2) is 0 Å². The minimum Gasteiger partial charge on any atom is -0.236 e. The van der Waals surface area contributed by atoms with Gasteiger partial charge in [0.2, 0.25) is 0 Å². The summed E-state index contributed by atoms with van der Waals surface area (Å²) in [7, 11) is 0. The fraction of sp³-hybridized carbons (Fsp3) is 0.571. The summed E-state index contributed by atoms with van der Waals surface area (Å²) in [6, 6.07) is 6.48. The molecule has 1 nitrogen and oxygen atoms in total. The van der Waals surface area contributed by atoms with Crippen molar-refractivity contribution in [3.8, 4) is 0 Å². The minimum absolute atomic E-state index is 0.0114. The highest BCUT2D eigenvalue weighted by Crippen LogP contribution is 2.18. The molecule has 83 valence electrons. The van der Waals surface area contributed by atoms with Gasteiger partial charge in [0.05, 0.1) is 6.61 Å². The van der Waals surface area contributed by atoms with Gasteiger partial charge in [-0.2, -0.15) is 0 Å². The Morgan fingerprint density at radius 2 is 1.47 bits per heavy atom. The molecule has 1 aromatic carbocycles. The van der Waals surface area contributed by atoms with Crippen LogP contribution in [0.1, 0.15) is 43.4 Å². The van der Waals surface area contributed by atoms with Crippen molar-refractivity contribution in [1.82, 2.24) is 0 Å². The molecule has 0 aliphatic rings. The van der Waals surface area contributed by atoms with Gasteiger partial charge < -0.3 is 0 Å². The van der Waals surface area contributed by atoms with Crippen molar-refractivity contribution in [1.29, 1.82) is 0 Å². The molecule has 0 atom stereocenters. The summed E-state index contributed by atoms with van der Waals surface area (Å²) in [5.74, 6) is 0. The molecule has 1 aromatic rings. The lowest BCUT2D eigenvalue weighted by molar-refractivity contribution is 0.196. The smallest absolute Gasteiger partial charge is 0.0862 e. The average Bonchev–Trinajstić information content (AvgIpc) is 2.23. The lowest BCUT2D eigenvalue weighted by Crippen LogP contribution is -2.02. The van der Waals surface area contributed by atoms with E-state index in [4.69, 9.17) is 0 Å². The molecular weight excluding hydrogens is 184 g/mol. The highest BCUT2D eigenvalue weighted by Gasteiger charge is 2.06. The molecule has 15 heavy (non-hydrogen) atoms. The molecule has 1 heteroatoms. The van der Waals surface area contributed by atoms with Crippen LogP contribution in [0.5, 0.6) is 0 Å². The third-order valence-electron chi connectivity index (χ3n) is 2.76. The maximum absolute atomic E-state index is 10.8. The van der Waals surface area contributed by atoms with Gasteiger partial charge in [-0.25, -0.2) is 5.11 Å². The fourth-order valence-electron chi connectivity index (χ4n) is 2.12. The first kappa shape index (κ1) is 12.3. The van der Waals surface area contributed by atoms with Gasteiger partial charge in [-0.15, -0.1) is 0 Å². The van der Waals surface area contributed by atoms with E-state index in [9.17, 15) is 5.11 Å². The van der Waals surface area contributed by atoms with E-state index in [0.29, 0.717) is 6.42 Å². The summed E-state index contributed by atoms with van der Waals surface area (Å²) in [4.78, 5) is 0. The Hall–Kier alpha value is -0.820. The summed E-state index contributed by atoms with van der Waals surface area (Å²) in [5, 5.41) is 10.8. The van der Waals surface area contributed by atoms with Crippen LogP contribution in [-0.4, -0.2) is 6.61 Å². The Bertz CT molecular complexity index is 267. The van der Waals surface area contributed by atoms with E-state index in [1.54, 1.807) is 0 Å². The van der Waals surface area contributed by atoms with Crippen LogP contribution in [0, 0.1) is 0 Å². The summed E-state index contributed by atoms with van der Waals surface area (Å²) >= 11 is 0. The summed E-state index contributed by atoms with van der Waals surface area (Å²) in [5.41, 5.74) is 4.11. The molecule has 0 saturated carbocycles. The monoisotopic (exact) mass is 205 g/mol. The van der Waals surface area contributed by atoms with E-state index in [1.165, 1.54) is 16.7 Å². The maximum Gasteiger partial charge on any atom is 0.0862 e. The van der Waals surface area contributed by atoms with Gasteiger partial charge in [0.25, 0.3) is 0 Å². The first-order chi connectivity index (χ1) is 7.33. The van der Waals surface area contributed by atoms with Crippen LogP contribution in [0.3, 0.4) is 0 Å². The van der Waals surface area contributed by atoms with Gasteiger partial charge in [-0.3, -0.25) is 0 Å². The van der Waals surface area contributed by atoms with Crippen molar-refractivity contribution >= 4 is 0 Å². The number of aryl methyl sites for hydroxylation is 2. The average molecular weight is 205 g/mol. The van der Waals surface area contributed by atoms with Crippen LogP contribution in [-0.2, 0) is 24.4 Å². The topological polar surface area (TPSA) is 19.9 Å². The van der Waals surface area contributed by atoms with Crippen molar-refractivity contribution < 1.29 is 5.11 Å². The Morgan fingerprint density at radius 1 is 0.933 bits per heavy atom. The number of rotatable bonds is 6. The lowest BCUT2D eigenvalue weighted by atomic mass is 9.93. The molecule has 0 fully saturated rings. The van der Waals surface area contributed by atoms with Gasteiger partial charge in [0.1, 0.15) is 0 Å². The van der Waals surface area contributed by atoms with Crippen LogP contribution in [0.4, 0.5) is 0 Å². The van der Waals surface area contributed by atoms with E-state index in [2.05, 4.69) is 32.0 Å². The van der Waals surface area contributed by atoms with Crippen LogP contribution < -0.4 is 0 Å². The Kier molecular flexibility index (Phi) is 5.41. The SMILES string of the molecule is CCCc1cccc(CCC)c1CC[O]. The standard InChI is InChI=1S/C14H21O/c1-3-6-12-8-5-9-13(7-4-2)14(12)10-11-15/h5,8-9H,3-4,6-7,10-11H2,1-2H3. The highest BCUT2D eigenvalue weighted by atomic mass is 16.2. The normalized spacial score (nSPS) is 10.6. The molecule has 0 saturated heterocycles. The van der Waals surface area contributed by atoms with Gasteiger partial charge in [-0.05, 0) is 36.0 Å². The van der Waals surface area contributed by atoms with E-state index in [-0.39, 0.29) is 6.61 Å². The lowest BCUT2D eigenvalue weighted by Gasteiger charge is -2.12. The molecule has 0 aromatic heterocycles. The van der Waals surface area contributed by atoms with Gasteiger partial charge >= 0.3 is 0 Å². The molecule has 0 bridgehead atoms. The molecular formula is C14H21O. The number of benzene rings is 1. The predicted octanol–water partition coefficient (Wildman–Crippen LogP) is 3.56. The summed E-state index contributed by atoms with van der Waals surface area (Å²) in [6.07, 6.45) is 5.22. The molecule has 0 N–H and O–H groups in total. The molecule has 0 aliphatic heterocycles. The van der Waals surface area contributed by atoms with E-state index >= 15 is 0 Å². The second-order valence-electron chi connectivity index (χ2n) is 4.01. The summed E-state index contributed by atoms with van der Waals surface area (Å²) < 4.78 is 0. The zero-order valence-electron chi connectivity index (χ0n) is 9.88. The zero-order chi connectivity index (χ0) is 11.1. The van der Waals surface area contributed by atoms with Crippen molar-refractivity contribution in [3.63, 3.8) is 0 Å². The quantitative estimate of drug-likeness (QED) is 0.676. The van der Waals surface area contributed by atoms with Crippen molar-refractivity contribution in [2.24, 2.45) is 0 Å². The number of hydrogen-bond acceptors (Lipinski definition) is 0. The van der Waals surface area contributed by atoms with Crippen molar-refractivity contribution in [2.75, 3.05) is 6.61 Å². The van der Waals surface area contributed by atoms with Gasteiger partial charge in [0, 0.05) is 0 Å². The molecule has 1 rings (SSSR count). The second kappa shape index (κ2) is 6.62. The molecule has 0 aliphatic carbocycles. The van der Waals surface area contributed by atoms with Crippen LogP contribution >= 0.6 is 0 Å². The Balaban J connectivity index is 2.97. The third kappa shape index (κ3) is 3.35. The second-order valence-corrected chi connectivity index (χ2v) is 4.01. The first-order valence-corrected chi connectivity index (χ1v) is 6.01. The van der Waals surface area contributed by atoms with Crippen LogP contribution in [0.2, 0.25) is 0 Å². The zero-order valence-corrected chi connectivity index (χ0v) is 9.88. The van der Waals surface area contributed by atoms with E-state index < -0.39 is 0 Å². The van der Waals surface area contributed by atoms with Crippen LogP contribution in [0.15, 0.2) is 18.2 Å². The van der Waals surface area contributed by atoms with Crippen molar-refractivity contribution in [3.05, 3.63) is 34.9 Å². The molecule has 0 unspecified atom stereocenters. The first-order valence-electron chi connectivity index (χ1n) is 6.01. The van der Waals surface area contributed by atoms with E-state index in [1.807, 2.05) is 0 Å². The fourth-order valence-corrected chi connectivity index (χ4v) is 2.12. The summed E-state index contributed by atoms with van der Waals surface area (Å²) in [6.45, 7) is 4.39. The highest BCUT2D eigenvalue weighted by molar-refractivity contribution is 5.35. The molecule has 0 amide bonds. The largest absolute Gasteiger partial charge is 0.236 e.